The Bertz CT molecular complexity index is 439. The summed E-state index contributed by atoms with van der Waals surface area (Å²) in [5.41, 5.74) is 0.264. The molecule has 0 fully saturated rings. The summed E-state index contributed by atoms with van der Waals surface area (Å²) in [5, 5.41) is 3.55. The van der Waals surface area contributed by atoms with Crippen molar-refractivity contribution < 1.29 is 18.4 Å². The molecule has 6 heteroatoms. The Balaban J connectivity index is 2.79. The minimum atomic E-state index is -0.933. The van der Waals surface area contributed by atoms with Gasteiger partial charge in [-0.05, 0) is 19.1 Å². The molecule has 19 heavy (non-hydrogen) atoms. The number of hydrogen-bond donors (Lipinski definition) is 0. The van der Waals surface area contributed by atoms with Gasteiger partial charge in [-0.15, -0.1) is 0 Å². The highest BCUT2D eigenvalue weighted by molar-refractivity contribution is 5.80. The van der Waals surface area contributed by atoms with E-state index < -0.39 is 11.6 Å². The normalized spacial score (nSPS) is 11.0. The lowest BCUT2D eigenvalue weighted by Crippen LogP contribution is -2.18. The predicted molar refractivity (Wildman–Crippen MR) is 70.7 cm³/mol. The number of methoxy groups -OCH3 is 1. The van der Waals surface area contributed by atoms with Crippen molar-refractivity contribution in [2.24, 2.45) is 5.16 Å². The quantitative estimate of drug-likeness (QED) is 0.434. The number of hydrogen-bond acceptors (Lipinski definition) is 4. The lowest BCUT2D eigenvalue weighted by molar-refractivity contribution is 0.0759. The summed E-state index contributed by atoms with van der Waals surface area (Å²) in [6.45, 7) is 3.09. The number of rotatable bonds is 7. The van der Waals surface area contributed by atoms with Crippen molar-refractivity contribution in [3.63, 3.8) is 0 Å². The van der Waals surface area contributed by atoms with E-state index >= 15 is 0 Å². The van der Waals surface area contributed by atoms with Crippen LogP contribution in [0.1, 0.15) is 12.5 Å². The SMILES string of the molecule is CCN(C)c1ccc(/C=N\OCCOC)c(F)c1F. The molecule has 0 bridgehead atoms. The predicted octanol–water partition coefficient (Wildman–Crippen LogP) is 2.42. The number of benzene rings is 1. The molecular weight excluding hydrogens is 254 g/mol. The number of nitrogens with zero attached hydrogens (tertiary/aromatic N) is 2. The van der Waals surface area contributed by atoms with Gasteiger partial charge in [0.05, 0.1) is 18.5 Å². The number of oxime groups is 1. The Kier molecular flexibility index (Phi) is 6.21. The van der Waals surface area contributed by atoms with Gasteiger partial charge in [0.1, 0.15) is 6.61 Å². The first-order chi connectivity index (χ1) is 9.11. The van der Waals surface area contributed by atoms with E-state index in [2.05, 4.69) is 5.16 Å². The van der Waals surface area contributed by atoms with Crippen LogP contribution < -0.4 is 4.90 Å². The first-order valence-corrected chi connectivity index (χ1v) is 5.95. The molecule has 1 aromatic carbocycles. The molecule has 0 aliphatic heterocycles. The van der Waals surface area contributed by atoms with Gasteiger partial charge in [0.15, 0.2) is 11.6 Å². The fraction of sp³-hybridized carbons (Fsp3) is 0.462. The molecule has 0 saturated heterocycles. The van der Waals surface area contributed by atoms with Crippen LogP contribution in [-0.4, -0.2) is 40.1 Å². The van der Waals surface area contributed by atoms with Gasteiger partial charge in [-0.1, -0.05) is 5.16 Å². The van der Waals surface area contributed by atoms with Crippen LogP contribution in [0.4, 0.5) is 14.5 Å². The molecule has 0 radical (unpaired) electrons. The second-order valence-corrected chi connectivity index (χ2v) is 3.88. The largest absolute Gasteiger partial charge is 0.393 e. The second kappa shape index (κ2) is 7.68. The first kappa shape index (κ1) is 15.4. The standard InChI is InChI=1S/C13H18F2N2O2/c1-4-17(2)11-6-5-10(12(14)13(11)15)9-16-19-8-7-18-3/h5-6,9H,4,7-8H2,1-3H3/b16-9-. The smallest absolute Gasteiger partial charge is 0.182 e. The Morgan fingerprint density at radius 1 is 1.26 bits per heavy atom. The summed E-state index contributed by atoms with van der Waals surface area (Å²) in [6.07, 6.45) is 1.14. The lowest BCUT2D eigenvalue weighted by atomic mass is 10.2. The van der Waals surface area contributed by atoms with Crippen molar-refractivity contribution >= 4 is 11.9 Å². The number of anilines is 1. The zero-order chi connectivity index (χ0) is 14.3. The van der Waals surface area contributed by atoms with Crippen LogP contribution in [0, 0.1) is 11.6 Å². The van der Waals surface area contributed by atoms with Crippen molar-refractivity contribution in [2.75, 3.05) is 38.8 Å². The summed E-state index contributed by atoms with van der Waals surface area (Å²) in [4.78, 5) is 6.44. The molecule has 0 heterocycles. The molecule has 0 aliphatic carbocycles. The van der Waals surface area contributed by atoms with E-state index in [4.69, 9.17) is 9.57 Å². The van der Waals surface area contributed by atoms with Gasteiger partial charge in [0, 0.05) is 26.3 Å². The molecule has 4 nitrogen and oxygen atoms in total. The summed E-state index contributed by atoms with van der Waals surface area (Å²) >= 11 is 0. The second-order valence-electron chi connectivity index (χ2n) is 3.88. The number of halogens is 2. The fourth-order valence-corrected chi connectivity index (χ4v) is 1.39. The molecule has 0 saturated carbocycles. The maximum Gasteiger partial charge on any atom is 0.182 e. The first-order valence-electron chi connectivity index (χ1n) is 5.95. The van der Waals surface area contributed by atoms with Crippen LogP contribution in [0.15, 0.2) is 17.3 Å². The van der Waals surface area contributed by atoms with Gasteiger partial charge in [0.2, 0.25) is 0 Å². The van der Waals surface area contributed by atoms with E-state index in [0.29, 0.717) is 13.2 Å². The van der Waals surface area contributed by atoms with E-state index in [0.717, 1.165) is 6.21 Å². The molecule has 0 aliphatic rings. The molecule has 0 aromatic heterocycles. The van der Waals surface area contributed by atoms with Gasteiger partial charge >= 0.3 is 0 Å². The van der Waals surface area contributed by atoms with Crippen LogP contribution in [-0.2, 0) is 9.57 Å². The summed E-state index contributed by atoms with van der Waals surface area (Å²) in [6, 6.07) is 2.97. The third-order valence-electron chi connectivity index (χ3n) is 2.62. The van der Waals surface area contributed by atoms with E-state index in [-0.39, 0.29) is 17.9 Å². The zero-order valence-electron chi connectivity index (χ0n) is 11.3. The van der Waals surface area contributed by atoms with Gasteiger partial charge in [-0.3, -0.25) is 0 Å². The van der Waals surface area contributed by atoms with Crippen LogP contribution in [0.5, 0.6) is 0 Å². The molecular formula is C13H18F2N2O2. The van der Waals surface area contributed by atoms with Gasteiger partial charge < -0.3 is 14.5 Å². The number of ether oxygens (including phenoxy) is 1. The summed E-state index contributed by atoms with van der Waals surface area (Å²) in [5.74, 6) is -1.82. The highest BCUT2D eigenvalue weighted by Gasteiger charge is 2.14. The van der Waals surface area contributed by atoms with Gasteiger partial charge in [-0.2, -0.15) is 0 Å². The van der Waals surface area contributed by atoms with E-state index in [1.807, 2.05) is 6.92 Å². The Hall–Kier alpha value is -1.69. The maximum absolute atomic E-state index is 13.8. The zero-order valence-corrected chi connectivity index (χ0v) is 11.3. The molecule has 0 unspecified atom stereocenters. The summed E-state index contributed by atoms with van der Waals surface area (Å²) < 4.78 is 32.3. The molecule has 1 rings (SSSR count). The third kappa shape index (κ3) is 4.17. The topological polar surface area (TPSA) is 34.1 Å². The molecule has 0 spiro atoms. The minimum absolute atomic E-state index is 0.0446. The van der Waals surface area contributed by atoms with Crippen molar-refractivity contribution in [1.82, 2.24) is 0 Å². The maximum atomic E-state index is 13.8. The van der Waals surface area contributed by atoms with Crippen LogP contribution in [0.2, 0.25) is 0 Å². The average Bonchev–Trinajstić information content (AvgIpc) is 2.42. The van der Waals surface area contributed by atoms with E-state index in [1.165, 1.54) is 19.2 Å². The average molecular weight is 272 g/mol. The van der Waals surface area contributed by atoms with Crippen molar-refractivity contribution in [2.45, 2.75) is 6.92 Å². The molecule has 1 aromatic rings. The van der Waals surface area contributed by atoms with Crippen LogP contribution in [0.25, 0.3) is 0 Å². The van der Waals surface area contributed by atoms with E-state index in [9.17, 15) is 8.78 Å². The van der Waals surface area contributed by atoms with E-state index in [1.54, 1.807) is 11.9 Å². The van der Waals surface area contributed by atoms with Gasteiger partial charge in [-0.25, -0.2) is 8.78 Å². The fourth-order valence-electron chi connectivity index (χ4n) is 1.39. The van der Waals surface area contributed by atoms with Crippen molar-refractivity contribution in [3.8, 4) is 0 Å². The Morgan fingerprint density at radius 3 is 2.63 bits per heavy atom. The summed E-state index contributed by atoms with van der Waals surface area (Å²) in [7, 11) is 3.23. The molecule has 0 N–H and O–H groups in total. The Labute approximate surface area is 111 Å². The molecule has 0 atom stereocenters. The highest BCUT2D eigenvalue weighted by Crippen LogP contribution is 2.22. The van der Waals surface area contributed by atoms with Crippen molar-refractivity contribution in [3.05, 3.63) is 29.3 Å². The highest BCUT2D eigenvalue weighted by atomic mass is 19.2. The third-order valence-corrected chi connectivity index (χ3v) is 2.62. The molecule has 0 amide bonds. The van der Waals surface area contributed by atoms with Crippen molar-refractivity contribution in [1.29, 1.82) is 0 Å². The minimum Gasteiger partial charge on any atom is -0.393 e. The Morgan fingerprint density at radius 2 is 2.00 bits per heavy atom. The monoisotopic (exact) mass is 272 g/mol. The lowest BCUT2D eigenvalue weighted by Gasteiger charge is -2.18. The van der Waals surface area contributed by atoms with Crippen LogP contribution in [0.3, 0.4) is 0 Å². The van der Waals surface area contributed by atoms with Gasteiger partial charge in [0.25, 0.3) is 0 Å². The molecule has 106 valence electrons. The van der Waals surface area contributed by atoms with Crippen LogP contribution >= 0.6 is 0 Å².